The minimum Gasteiger partial charge on any atom is -0.314 e. The van der Waals surface area contributed by atoms with E-state index in [9.17, 15) is 13.2 Å². The topological polar surface area (TPSA) is 47.2 Å². The van der Waals surface area contributed by atoms with Gasteiger partial charge in [-0.2, -0.15) is 23.3 Å². The molecule has 0 aliphatic heterocycles. The number of aromatic nitrogens is 4. The van der Waals surface area contributed by atoms with Gasteiger partial charge in [0.1, 0.15) is 0 Å². The van der Waals surface area contributed by atoms with Gasteiger partial charge in [0, 0.05) is 24.3 Å². The molecule has 0 aromatic carbocycles. The molecule has 0 spiro atoms. The summed E-state index contributed by atoms with van der Waals surface area (Å²) in [6, 6.07) is 0. The third-order valence-corrected chi connectivity index (χ3v) is 3.57. The first-order chi connectivity index (χ1) is 9.50. The summed E-state index contributed by atoms with van der Waals surface area (Å²) in [4.78, 5) is 5.05. The molecule has 3 aromatic rings. The zero-order chi connectivity index (χ0) is 14.3. The molecule has 0 saturated heterocycles. The molecule has 0 bridgehead atoms. The average Bonchev–Trinajstić information content (AvgIpc) is 3.03. The van der Waals surface area contributed by atoms with Crippen LogP contribution in [0.15, 0.2) is 24.0 Å². The lowest BCUT2D eigenvalue weighted by molar-refractivity contribution is -0.137. The monoisotopic (exact) mass is 301 g/mol. The second-order valence-electron chi connectivity index (χ2n) is 4.14. The van der Waals surface area contributed by atoms with Crippen LogP contribution in [-0.2, 0) is 12.7 Å². The SMILES string of the molecule is CNCc1c(-n2cc(C(F)(F)F)cn2)nc2sccn12. The molecule has 20 heavy (non-hydrogen) atoms. The zero-order valence-electron chi connectivity index (χ0n) is 10.3. The number of fused-ring (bicyclic) bond motifs is 1. The lowest BCUT2D eigenvalue weighted by Crippen LogP contribution is -2.11. The third kappa shape index (κ3) is 2.08. The molecule has 3 rings (SSSR count). The first-order valence-electron chi connectivity index (χ1n) is 5.72. The van der Waals surface area contributed by atoms with Crippen molar-refractivity contribution >= 4 is 16.3 Å². The predicted octanol–water partition coefficient (Wildman–Crippen LogP) is 2.32. The second-order valence-corrected chi connectivity index (χ2v) is 5.01. The molecule has 0 fully saturated rings. The van der Waals surface area contributed by atoms with Gasteiger partial charge in [0.25, 0.3) is 0 Å². The largest absolute Gasteiger partial charge is 0.419 e. The van der Waals surface area contributed by atoms with Crippen LogP contribution < -0.4 is 5.32 Å². The van der Waals surface area contributed by atoms with Gasteiger partial charge in [0.05, 0.1) is 17.5 Å². The van der Waals surface area contributed by atoms with Gasteiger partial charge in [0.2, 0.25) is 0 Å². The van der Waals surface area contributed by atoms with Crippen molar-refractivity contribution in [2.45, 2.75) is 12.7 Å². The summed E-state index contributed by atoms with van der Waals surface area (Å²) in [6.45, 7) is 0.481. The van der Waals surface area contributed by atoms with Crippen LogP contribution in [0.5, 0.6) is 0 Å². The van der Waals surface area contributed by atoms with Crippen molar-refractivity contribution in [3.63, 3.8) is 0 Å². The van der Waals surface area contributed by atoms with Crippen molar-refractivity contribution < 1.29 is 13.2 Å². The molecule has 0 aliphatic carbocycles. The van der Waals surface area contributed by atoms with Gasteiger partial charge >= 0.3 is 6.18 Å². The first kappa shape index (κ1) is 13.1. The molecule has 0 aliphatic rings. The molecule has 0 unspecified atom stereocenters. The summed E-state index contributed by atoms with van der Waals surface area (Å²) >= 11 is 1.42. The molecule has 9 heteroatoms. The highest BCUT2D eigenvalue weighted by molar-refractivity contribution is 7.15. The summed E-state index contributed by atoms with van der Waals surface area (Å²) in [5, 5.41) is 8.62. The van der Waals surface area contributed by atoms with E-state index in [1.165, 1.54) is 11.3 Å². The Morgan fingerprint density at radius 2 is 2.20 bits per heavy atom. The molecule has 3 aromatic heterocycles. The van der Waals surface area contributed by atoms with Crippen LogP contribution in [0.25, 0.3) is 10.8 Å². The molecule has 0 amide bonds. The third-order valence-electron chi connectivity index (χ3n) is 2.81. The molecular weight excluding hydrogens is 291 g/mol. The van der Waals surface area contributed by atoms with Gasteiger partial charge < -0.3 is 5.32 Å². The number of rotatable bonds is 3. The Balaban J connectivity index is 2.11. The van der Waals surface area contributed by atoms with E-state index in [1.54, 1.807) is 7.05 Å². The van der Waals surface area contributed by atoms with Crippen molar-refractivity contribution in [3.05, 3.63) is 35.2 Å². The highest BCUT2D eigenvalue weighted by Crippen LogP contribution is 2.29. The van der Waals surface area contributed by atoms with E-state index in [0.29, 0.717) is 17.3 Å². The van der Waals surface area contributed by atoms with Crippen molar-refractivity contribution in [1.82, 2.24) is 24.5 Å². The highest BCUT2D eigenvalue weighted by Gasteiger charge is 2.32. The van der Waals surface area contributed by atoms with Crippen LogP contribution >= 0.6 is 11.3 Å². The van der Waals surface area contributed by atoms with Crippen LogP contribution in [0.3, 0.4) is 0 Å². The molecular formula is C11H10F3N5S. The molecule has 0 atom stereocenters. The number of imidazole rings is 1. The van der Waals surface area contributed by atoms with Crippen molar-refractivity contribution in [1.29, 1.82) is 0 Å². The Hall–Kier alpha value is -1.87. The Labute approximate surface area is 115 Å². The molecule has 5 nitrogen and oxygen atoms in total. The number of thiazole rings is 1. The number of hydrogen-bond acceptors (Lipinski definition) is 4. The van der Waals surface area contributed by atoms with Crippen LogP contribution in [0.4, 0.5) is 13.2 Å². The van der Waals surface area contributed by atoms with Gasteiger partial charge in [-0.25, -0.2) is 4.68 Å². The quantitative estimate of drug-likeness (QED) is 0.807. The zero-order valence-corrected chi connectivity index (χ0v) is 11.2. The number of hydrogen-bond donors (Lipinski definition) is 1. The van der Waals surface area contributed by atoms with Crippen LogP contribution in [0.2, 0.25) is 0 Å². The molecule has 106 valence electrons. The fraction of sp³-hybridized carbons (Fsp3) is 0.273. The van der Waals surface area contributed by atoms with E-state index in [0.717, 1.165) is 22.8 Å². The van der Waals surface area contributed by atoms with Crippen molar-refractivity contribution in [2.24, 2.45) is 0 Å². The smallest absolute Gasteiger partial charge is 0.314 e. The van der Waals surface area contributed by atoms with E-state index >= 15 is 0 Å². The van der Waals surface area contributed by atoms with E-state index < -0.39 is 11.7 Å². The van der Waals surface area contributed by atoms with Crippen molar-refractivity contribution in [3.8, 4) is 5.82 Å². The highest BCUT2D eigenvalue weighted by atomic mass is 32.1. The Bertz CT molecular complexity index is 739. The van der Waals surface area contributed by atoms with Crippen molar-refractivity contribution in [2.75, 3.05) is 7.05 Å². The van der Waals surface area contributed by atoms with E-state index in [4.69, 9.17) is 0 Å². The lowest BCUT2D eigenvalue weighted by Gasteiger charge is -2.03. The van der Waals surface area contributed by atoms with Crippen LogP contribution in [0.1, 0.15) is 11.3 Å². The maximum absolute atomic E-state index is 12.6. The van der Waals surface area contributed by atoms with Gasteiger partial charge in [-0.1, -0.05) is 0 Å². The van der Waals surface area contributed by atoms with Crippen LogP contribution in [-0.4, -0.2) is 26.2 Å². The number of nitrogens with one attached hydrogen (secondary N) is 1. The minimum absolute atomic E-state index is 0.404. The van der Waals surface area contributed by atoms with E-state index in [-0.39, 0.29) is 0 Å². The first-order valence-corrected chi connectivity index (χ1v) is 6.60. The van der Waals surface area contributed by atoms with Gasteiger partial charge in [-0.3, -0.25) is 4.40 Å². The Morgan fingerprint density at radius 3 is 2.85 bits per heavy atom. The molecule has 0 radical (unpaired) electrons. The summed E-state index contributed by atoms with van der Waals surface area (Å²) in [6.07, 6.45) is -0.821. The van der Waals surface area contributed by atoms with Gasteiger partial charge in [-0.15, -0.1) is 11.3 Å². The fourth-order valence-corrected chi connectivity index (χ4v) is 2.65. The number of halogens is 3. The molecule has 3 heterocycles. The van der Waals surface area contributed by atoms with Crippen LogP contribution in [0, 0.1) is 0 Å². The minimum atomic E-state index is -4.40. The summed E-state index contributed by atoms with van der Waals surface area (Å²) in [7, 11) is 1.76. The summed E-state index contributed by atoms with van der Waals surface area (Å²) in [5.41, 5.74) is -0.0233. The Kier molecular flexibility index (Phi) is 3.02. The average molecular weight is 301 g/mol. The molecule has 0 saturated carbocycles. The summed E-state index contributed by atoms with van der Waals surface area (Å²) < 4.78 is 40.9. The standard InChI is InChI=1S/C11H10F3N5S/c1-15-5-8-9(17-10-18(8)2-3-20-10)19-6-7(4-16-19)11(12,13)14/h2-4,6,15H,5H2,1H3. The van der Waals surface area contributed by atoms with E-state index in [1.807, 2.05) is 16.0 Å². The van der Waals surface area contributed by atoms with Gasteiger partial charge in [0.15, 0.2) is 10.8 Å². The normalized spacial score (nSPS) is 12.4. The molecule has 1 N–H and O–H groups in total. The predicted molar refractivity (Wildman–Crippen MR) is 68.0 cm³/mol. The summed E-state index contributed by atoms with van der Waals surface area (Å²) in [5.74, 6) is 0.404. The van der Waals surface area contributed by atoms with E-state index in [2.05, 4.69) is 15.4 Å². The maximum Gasteiger partial charge on any atom is 0.419 e. The van der Waals surface area contributed by atoms with Gasteiger partial charge in [-0.05, 0) is 7.05 Å². The fourth-order valence-electron chi connectivity index (χ4n) is 1.92. The second kappa shape index (κ2) is 4.60. The number of nitrogens with zero attached hydrogens (tertiary/aromatic N) is 4. The lowest BCUT2D eigenvalue weighted by atomic mass is 10.3. The number of alkyl halides is 3. The maximum atomic E-state index is 12.6. The Morgan fingerprint density at radius 1 is 1.40 bits per heavy atom.